The maximum absolute atomic E-state index is 10.9. The van der Waals surface area contributed by atoms with Gasteiger partial charge in [-0.05, 0) is 97.0 Å². The van der Waals surface area contributed by atoms with Crippen LogP contribution in [-0.2, 0) is 0 Å². The number of furan rings is 1. The van der Waals surface area contributed by atoms with Gasteiger partial charge in [-0.25, -0.2) is 0 Å². The molecule has 0 N–H and O–H groups in total. The van der Waals surface area contributed by atoms with Gasteiger partial charge in [0.15, 0.2) is 8.07 Å². The SMILES string of the molecule is [2H]c1c([2H])c([2H])c2c(c1[2H])c1c([2H])c(-n3c4c([2H])c([2H])c([2H])c([2H])c4c4c([2H])c([2H])c([2H])c(-c5ccccc5-c5ccc6c(c5)oc5ccccc56)c43)c([2H])c([2H])c1n2-c1c(-c2ccccc2)cc([Si](c2ccccc2)(c2ccccc2)c2ccccc2)cc1-c1ccccc1. The smallest absolute Gasteiger partial charge is 0.179 e. The zero-order valence-electron chi connectivity index (χ0n) is 57.7. The quantitative estimate of drug-likeness (QED) is 0.0989. The van der Waals surface area contributed by atoms with Gasteiger partial charge in [0, 0.05) is 54.7 Å². The van der Waals surface area contributed by atoms with Gasteiger partial charge in [-0.3, -0.25) is 0 Å². The summed E-state index contributed by atoms with van der Waals surface area (Å²) in [7, 11) is -3.42. The zero-order chi connectivity index (χ0) is 66.3. The van der Waals surface area contributed by atoms with Gasteiger partial charge in [-0.1, -0.05) is 267 Å². The zero-order valence-corrected chi connectivity index (χ0v) is 44.7. The number of aromatic nitrogens is 2. The second-order valence-corrected chi connectivity index (χ2v) is 24.2. The average molecular weight is 1080 g/mol. The largest absolute Gasteiger partial charge is 0.456 e. The van der Waals surface area contributed by atoms with Gasteiger partial charge in [-0.2, -0.15) is 0 Å². The lowest BCUT2D eigenvalue weighted by molar-refractivity contribution is 0.669. The molecule has 0 aliphatic heterocycles. The molecule has 82 heavy (non-hydrogen) atoms. The molecule has 0 bridgehead atoms. The Morgan fingerprint density at radius 3 is 1.44 bits per heavy atom. The van der Waals surface area contributed by atoms with E-state index in [-0.39, 0.29) is 49.2 Å². The fraction of sp³-hybridized carbons (Fsp3) is 0. The van der Waals surface area contributed by atoms with Crippen molar-refractivity contribution in [2.45, 2.75) is 0 Å². The molecule has 0 unspecified atom stereocenters. The normalized spacial score (nSPS) is 14.3. The molecule has 0 spiro atoms. The van der Waals surface area contributed by atoms with Crippen LogP contribution in [-0.4, -0.2) is 17.2 Å². The van der Waals surface area contributed by atoms with E-state index >= 15 is 0 Å². The predicted octanol–water partition coefficient (Wildman–Crippen LogP) is 17.8. The highest BCUT2D eigenvalue weighted by Gasteiger charge is 2.42. The molecule has 0 saturated carbocycles. The van der Waals surface area contributed by atoms with Crippen LogP contribution in [0.4, 0.5) is 0 Å². The van der Waals surface area contributed by atoms with Crippen molar-refractivity contribution in [3.05, 3.63) is 315 Å². The molecule has 3 aromatic heterocycles. The maximum Gasteiger partial charge on any atom is 0.179 e. The topological polar surface area (TPSA) is 23.0 Å². The van der Waals surface area contributed by atoms with Crippen LogP contribution in [0.3, 0.4) is 0 Å². The molecule has 0 atom stereocenters. The second-order valence-electron chi connectivity index (χ2n) is 20.4. The number of para-hydroxylation sites is 4. The number of fused-ring (bicyclic) bond motifs is 9. The molecule has 0 fully saturated rings. The first-order chi connectivity index (χ1) is 46.5. The highest BCUT2D eigenvalue weighted by atomic mass is 28.3. The van der Waals surface area contributed by atoms with Crippen LogP contribution in [0.1, 0.15) is 19.2 Å². The van der Waals surface area contributed by atoms with E-state index < -0.39 is 98.4 Å². The van der Waals surface area contributed by atoms with E-state index in [2.05, 4.69) is 48.5 Å². The molecule has 3 nitrogen and oxygen atoms in total. The van der Waals surface area contributed by atoms with Crippen molar-refractivity contribution in [2.75, 3.05) is 0 Å². The van der Waals surface area contributed by atoms with Crippen LogP contribution in [0.15, 0.2) is 320 Å². The van der Waals surface area contributed by atoms with E-state index in [1.807, 2.05) is 164 Å². The van der Waals surface area contributed by atoms with Gasteiger partial charge in [0.25, 0.3) is 0 Å². The lowest BCUT2D eigenvalue weighted by Gasteiger charge is -2.36. The molecular formula is C78H52N2OSi. The minimum atomic E-state index is -3.42. The van der Waals surface area contributed by atoms with Gasteiger partial charge in [0.05, 0.1) is 46.9 Å². The summed E-state index contributed by atoms with van der Waals surface area (Å²) >= 11 is 0. The maximum atomic E-state index is 10.9. The number of benzene rings is 13. The third-order valence-electron chi connectivity index (χ3n) is 16.0. The first-order valence-corrected chi connectivity index (χ1v) is 29.1. The predicted molar refractivity (Wildman–Crippen MR) is 348 cm³/mol. The Morgan fingerprint density at radius 1 is 0.305 bits per heavy atom. The summed E-state index contributed by atoms with van der Waals surface area (Å²) in [4.78, 5) is 0. The molecule has 384 valence electrons. The Bertz CT molecular complexity index is 5780. The summed E-state index contributed by atoms with van der Waals surface area (Å²) in [5.74, 6) is 0. The Kier molecular flexibility index (Phi) is 8.31. The van der Waals surface area contributed by atoms with E-state index in [4.69, 9.17) is 5.79 Å². The van der Waals surface area contributed by atoms with Crippen molar-refractivity contribution < 1.29 is 23.6 Å². The summed E-state index contributed by atoms with van der Waals surface area (Å²) < 4.78 is 147. The Hall–Kier alpha value is -10.5. The fourth-order valence-corrected chi connectivity index (χ4v) is 17.3. The molecular weight excluding hydrogens is 1010 g/mol. The molecule has 0 amide bonds. The number of hydrogen-bond donors (Lipinski definition) is 0. The molecule has 0 aliphatic carbocycles. The molecule has 0 aliphatic rings. The standard InChI is InChI=1S/C78H52N2OSi/c1-6-25-53(26-7-1)69-51-60(82(57-29-10-3-11-30-57,58-31-12-4-13-32-58)59-33-14-5-15-34-59)52-70(54-27-8-2-9-28-54)78(69)80-73-43-22-19-38-64(73)71-50-56(46-48-74(71)80)79-72-42-21-18-37-63(72)68-41-24-40-67(77(68)79)62-36-17-16-35-61(62)55-45-47-66-65-39-20-23-44-75(65)81-76(66)49-55/h1-52H/i18D,19D,21D,22D,24D,37D,38D,40D,41D,42D,43D,46D,48D,50D. The van der Waals surface area contributed by atoms with Crippen molar-refractivity contribution in [1.29, 1.82) is 0 Å². The Balaban J connectivity index is 1.08. The summed E-state index contributed by atoms with van der Waals surface area (Å²) in [6.45, 7) is 0. The lowest BCUT2D eigenvalue weighted by atomic mass is 9.92. The Labute approximate surface area is 496 Å². The van der Waals surface area contributed by atoms with E-state index in [9.17, 15) is 17.8 Å². The van der Waals surface area contributed by atoms with Crippen molar-refractivity contribution in [2.24, 2.45) is 0 Å². The molecule has 0 saturated heterocycles. The minimum Gasteiger partial charge on any atom is -0.456 e. The van der Waals surface area contributed by atoms with E-state index in [1.54, 1.807) is 22.8 Å². The van der Waals surface area contributed by atoms with Crippen LogP contribution in [0.5, 0.6) is 0 Å². The van der Waals surface area contributed by atoms with E-state index in [0.717, 1.165) is 31.5 Å². The Morgan fingerprint density at radius 2 is 0.805 bits per heavy atom. The summed E-state index contributed by atoms with van der Waals surface area (Å²) in [5, 5.41) is 5.21. The van der Waals surface area contributed by atoms with Crippen molar-refractivity contribution in [3.8, 4) is 55.9 Å². The number of rotatable bonds is 10. The van der Waals surface area contributed by atoms with Gasteiger partial charge in [0.1, 0.15) is 11.2 Å². The van der Waals surface area contributed by atoms with Gasteiger partial charge < -0.3 is 13.6 Å². The fourth-order valence-electron chi connectivity index (χ4n) is 12.5. The van der Waals surface area contributed by atoms with Crippen molar-refractivity contribution in [1.82, 2.24) is 9.13 Å². The number of nitrogens with zero attached hydrogens (tertiary/aromatic N) is 2. The second kappa shape index (κ2) is 19.4. The molecule has 4 heteroatoms. The first kappa shape index (κ1) is 35.2. The summed E-state index contributed by atoms with van der Waals surface area (Å²) in [5.41, 5.74) is 4.59. The first-order valence-electron chi connectivity index (χ1n) is 34.1. The van der Waals surface area contributed by atoms with Crippen LogP contribution < -0.4 is 20.7 Å². The third kappa shape index (κ3) is 7.42. The lowest BCUT2D eigenvalue weighted by Crippen LogP contribution is -2.74. The third-order valence-corrected chi connectivity index (χ3v) is 20.8. The molecule has 16 rings (SSSR count). The minimum absolute atomic E-state index is 0.0182. The summed E-state index contributed by atoms with van der Waals surface area (Å²) in [6, 6.07) is 67.1. The monoisotopic (exact) mass is 1070 g/mol. The average Bonchev–Trinajstić information content (AvgIpc) is 1.42. The molecule has 16 aromatic rings. The molecule has 0 radical (unpaired) electrons. The number of hydrogen-bond acceptors (Lipinski definition) is 1. The van der Waals surface area contributed by atoms with Gasteiger partial charge in [-0.15, -0.1) is 0 Å². The van der Waals surface area contributed by atoms with Crippen molar-refractivity contribution >= 4 is 94.4 Å². The van der Waals surface area contributed by atoms with E-state index in [1.165, 1.54) is 4.57 Å². The highest BCUT2D eigenvalue weighted by molar-refractivity contribution is 7.20. The van der Waals surface area contributed by atoms with Crippen LogP contribution in [0.25, 0.3) is 121 Å². The molecule has 13 aromatic carbocycles. The van der Waals surface area contributed by atoms with Crippen LogP contribution in [0, 0.1) is 0 Å². The van der Waals surface area contributed by atoms with Gasteiger partial charge in [0.2, 0.25) is 0 Å². The molecule has 3 heterocycles. The van der Waals surface area contributed by atoms with Crippen LogP contribution in [0.2, 0.25) is 0 Å². The van der Waals surface area contributed by atoms with Crippen molar-refractivity contribution in [3.63, 3.8) is 0 Å². The van der Waals surface area contributed by atoms with E-state index in [0.29, 0.717) is 55.8 Å². The van der Waals surface area contributed by atoms with Crippen LogP contribution >= 0.6 is 0 Å². The summed E-state index contributed by atoms with van der Waals surface area (Å²) in [6.07, 6.45) is 0. The van der Waals surface area contributed by atoms with Gasteiger partial charge >= 0.3 is 0 Å². The highest BCUT2D eigenvalue weighted by Crippen LogP contribution is 2.45.